The Morgan fingerprint density at radius 2 is 1.61 bits per heavy atom. The maximum atomic E-state index is 12.8. The van der Waals surface area contributed by atoms with Crippen molar-refractivity contribution in [3.05, 3.63) is 58.4 Å². The second-order valence-corrected chi connectivity index (χ2v) is 7.26. The first-order valence-electron chi connectivity index (χ1n) is 6.92. The van der Waals surface area contributed by atoms with Crippen molar-refractivity contribution in [2.24, 2.45) is 0 Å². The highest BCUT2D eigenvalue weighted by molar-refractivity contribution is 7.90. The van der Waals surface area contributed by atoms with E-state index >= 15 is 0 Å². The Morgan fingerprint density at radius 3 is 2.22 bits per heavy atom. The Labute approximate surface area is 133 Å². The van der Waals surface area contributed by atoms with Crippen LogP contribution in [0.1, 0.15) is 39.0 Å². The summed E-state index contributed by atoms with van der Waals surface area (Å²) in [6.07, 6.45) is 1.21. The summed E-state index contributed by atoms with van der Waals surface area (Å²) < 4.78 is 26.3. The van der Waals surface area contributed by atoms with Crippen LogP contribution < -0.4 is 0 Å². The molecule has 0 bridgehead atoms. The van der Waals surface area contributed by atoms with E-state index in [1.54, 1.807) is 12.1 Å². The van der Waals surface area contributed by atoms with E-state index in [-0.39, 0.29) is 27.4 Å². The number of nitrogens with zero attached hydrogens (tertiary/aromatic N) is 2. The Bertz CT molecular complexity index is 980. The van der Waals surface area contributed by atoms with E-state index in [2.05, 4.69) is 5.10 Å². The van der Waals surface area contributed by atoms with Gasteiger partial charge in [0.1, 0.15) is 5.69 Å². The van der Waals surface area contributed by atoms with Gasteiger partial charge in [-0.3, -0.25) is 9.59 Å². The Hall–Kier alpha value is -2.54. The van der Waals surface area contributed by atoms with Gasteiger partial charge in [-0.05, 0) is 39.0 Å². The largest absolute Gasteiger partial charge is 0.289 e. The van der Waals surface area contributed by atoms with Crippen LogP contribution in [0.5, 0.6) is 0 Å². The van der Waals surface area contributed by atoms with Crippen LogP contribution in [0.3, 0.4) is 0 Å². The maximum absolute atomic E-state index is 12.8. The van der Waals surface area contributed by atoms with Crippen LogP contribution in [0.2, 0.25) is 0 Å². The highest BCUT2D eigenvalue weighted by atomic mass is 32.2. The van der Waals surface area contributed by atoms with Crippen molar-refractivity contribution in [2.45, 2.75) is 25.7 Å². The van der Waals surface area contributed by atoms with E-state index in [1.807, 2.05) is 6.92 Å². The number of carbonyl (C=O) groups is 2. The molecule has 7 heteroatoms. The molecular formula is C16H14N2O4S. The molecule has 0 saturated carbocycles. The molecule has 2 aromatic rings. The molecule has 0 fully saturated rings. The molecule has 1 aliphatic carbocycles. The predicted octanol–water partition coefficient (Wildman–Crippen LogP) is 2.06. The van der Waals surface area contributed by atoms with E-state index in [0.29, 0.717) is 4.09 Å². The molecule has 6 nitrogen and oxygen atoms in total. The van der Waals surface area contributed by atoms with Crippen molar-refractivity contribution in [1.29, 1.82) is 0 Å². The molecule has 23 heavy (non-hydrogen) atoms. The van der Waals surface area contributed by atoms with Crippen molar-refractivity contribution < 1.29 is 18.0 Å². The quantitative estimate of drug-likeness (QED) is 0.841. The van der Waals surface area contributed by atoms with Gasteiger partial charge in [-0.1, -0.05) is 17.7 Å². The second-order valence-electron chi connectivity index (χ2n) is 5.49. The van der Waals surface area contributed by atoms with Gasteiger partial charge in [0.05, 0.1) is 16.2 Å². The first-order valence-corrected chi connectivity index (χ1v) is 8.36. The molecule has 1 aromatic carbocycles. The molecule has 0 saturated heterocycles. The van der Waals surface area contributed by atoms with Gasteiger partial charge in [0.2, 0.25) is 5.78 Å². The van der Waals surface area contributed by atoms with Crippen LogP contribution in [-0.2, 0) is 10.0 Å². The van der Waals surface area contributed by atoms with Gasteiger partial charge in [-0.2, -0.15) is 13.5 Å². The number of carbonyl (C=O) groups excluding carboxylic acids is 2. The fraction of sp³-hybridized carbons (Fsp3) is 0.188. The van der Waals surface area contributed by atoms with E-state index in [4.69, 9.17) is 0 Å². The summed E-state index contributed by atoms with van der Waals surface area (Å²) in [5, 5.41) is 3.95. The van der Waals surface area contributed by atoms with Crippen LogP contribution in [0.4, 0.5) is 0 Å². The molecule has 0 radical (unpaired) electrons. The first-order chi connectivity index (χ1) is 10.7. The Balaban J connectivity index is 2.28. The number of hydrogen-bond donors (Lipinski definition) is 0. The Kier molecular flexibility index (Phi) is 3.33. The number of ketones is 2. The average Bonchev–Trinajstić information content (AvgIpc) is 2.84. The average molecular weight is 330 g/mol. The summed E-state index contributed by atoms with van der Waals surface area (Å²) in [5.74, 6) is -0.907. The van der Waals surface area contributed by atoms with Gasteiger partial charge in [-0.25, -0.2) is 0 Å². The molecule has 0 amide bonds. The number of hydrogen-bond acceptors (Lipinski definition) is 5. The van der Waals surface area contributed by atoms with Crippen LogP contribution in [0, 0.1) is 13.8 Å². The van der Waals surface area contributed by atoms with Gasteiger partial charge in [0, 0.05) is 5.57 Å². The lowest BCUT2D eigenvalue weighted by Crippen LogP contribution is -2.24. The van der Waals surface area contributed by atoms with Crippen LogP contribution >= 0.6 is 0 Å². The van der Waals surface area contributed by atoms with Gasteiger partial charge < -0.3 is 0 Å². The zero-order valence-electron chi connectivity index (χ0n) is 12.8. The minimum Gasteiger partial charge on any atom is -0.289 e. The highest BCUT2D eigenvalue weighted by Crippen LogP contribution is 2.27. The number of aromatic nitrogens is 2. The second kappa shape index (κ2) is 4.99. The normalized spacial score (nSPS) is 14.7. The molecule has 0 N–H and O–H groups in total. The van der Waals surface area contributed by atoms with Crippen molar-refractivity contribution in [2.75, 3.05) is 0 Å². The standard InChI is InChI=1S/C16H14N2O4S/c1-9-4-6-12(7-5-9)23(21,22)18-15-14(11(3)17-18)13(19)8-10(2)16(15)20/h4-8H,1-3H3. The zero-order valence-corrected chi connectivity index (χ0v) is 13.6. The molecule has 0 aliphatic heterocycles. The zero-order chi connectivity index (χ0) is 16.9. The van der Waals surface area contributed by atoms with E-state index in [1.165, 1.54) is 32.1 Å². The molecule has 0 spiro atoms. The summed E-state index contributed by atoms with van der Waals surface area (Å²) in [5.41, 5.74) is 1.19. The molecule has 0 atom stereocenters. The predicted molar refractivity (Wildman–Crippen MR) is 83.1 cm³/mol. The minimum atomic E-state index is -4.05. The molecule has 3 rings (SSSR count). The third kappa shape index (κ3) is 2.24. The molecular weight excluding hydrogens is 316 g/mol. The molecule has 1 heterocycles. The number of allylic oxidation sites excluding steroid dienone is 2. The lowest BCUT2D eigenvalue weighted by Gasteiger charge is -2.12. The van der Waals surface area contributed by atoms with Crippen molar-refractivity contribution in [1.82, 2.24) is 9.19 Å². The minimum absolute atomic E-state index is 0.0147. The van der Waals surface area contributed by atoms with Crippen molar-refractivity contribution in [3.63, 3.8) is 0 Å². The molecule has 1 aliphatic rings. The fourth-order valence-corrected chi connectivity index (χ4v) is 3.83. The van der Waals surface area contributed by atoms with E-state index in [0.717, 1.165) is 5.56 Å². The van der Waals surface area contributed by atoms with Gasteiger partial charge >= 0.3 is 0 Å². The van der Waals surface area contributed by atoms with Gasteiger partial charge in [-0.15, -0.1) is 4.09 Å². The van der Waals surface area contributed by atoms with Crippen LogP contribution in [0.15, 0.2) is 40.8 Å². The molecule has 1 aromatic heterocycles. The number of fused-ring (bicyclic) bond motifs is 1. The van der Waals surface area contributed by atoms with Gasteiger partial charge in [0.15, 0.2) is 5.78 Å². The summed E-state index contributed by atoms with van der Waals surface area (Å²) in [7, 11) is -4.05. The lowest BCUT2D eigenvalue weighted by molar-refractivity contribution is 0.0980. The van der Waals surface area contributed by atoms with Crippen LogP contribution in [-0.4, -0.2) is 29.2 Å². The molecule has 0 unspecified atom stereocenters. The first kappa shape index (κ1) is 15.4. The molecule has 118 valence electrons. The number of Topliss-reactive ketones (excluding diaryl/α,β-unsaturated/α-hetero) is 1. The summed E-state index contributed by atoms with van der Waals surface area (Å²) >= 11 is 0. The summed E-state index contributed by atoms with van der Waals surface area (Å²) in [6, 6.07) is 6.22. The van der Waals surface area contributed by atoms with E-state index in [9.17, 15) is 18.0 Å². The maximum Gasteiger partial charge on any atom is 0.283 e. The van der Waals surface area contributed by atoms with Crippen molar-refractivity contribution in [3.8, 4) is 0 Å². The SMILES string of the molecule is CC1=CC(=O)c2c(C)nn(S(=O)(=O)c3ccc(C)cc3)c2C1=O. The summed E-state index contributed by atoms with van der Waals surface area (Å²) in [4.78, 5) is 24.5. The summed E-state index contributed by atoms with van der Waals surface area (Å²) in [6.45, 7) is 4.83. The van der Waals surface area contributed by atoms with E-state index < -0.39 is 21.6 Å². The van der Waals surface area contributed by atoms with Crippen molar-refractivity contribution >= 4 is 21.6 Å². The number of benzene rings is 1. The lowest BCUT2D eigenvalue weighted by atomic mass is 9.95. The fourth-order valence-electron chi connectivity index (χ4n) is 2.50. The van der Waals surface area contributed by atoms with Crippen LogP contribution in [0.25, 0.3) is 0 Å². The number of aryl methyl sites for hydroxylation is 2. The third-order valence-electron chi connectivity index (χ3n) is 3.74. The Morgan fingerprint density at radius 1 is 1.00 bits per heavy atom. The monoisotopic (exact) mass is 330 g/mol. The topological polar surface area (TPSA) is 86.1 Å². The third-order valence-corrected chi connectivity index (χ3v) is 5.33. The van der Waals surface area contributed by atoms with Gasteiger partial charge in [0.25, 0.3) is 10.0 Å². The number of rotatable bonds is 2. The smallest absolute Gasteiger partial charge is 0.283 e. The highest BCUT2D eigenvalue weighted by Gasteiger charge is 2.35.